The van der Waals surface area contributed by atoms with Gasteiger partial charge in [0.2, 0.25) is 0 Å². The minimum atomic E-state index is 1.76. The van der Waals surface area contributed by atoms with Crippen LogP contribution >= 0.6 is 35.1 Å². The fraction of sp³-hybridized carbons (Fsp3) is 0. The lowest BCUT2D eigenvalue weighted by atomic mass is 11.8. The third-order valence-electron chi connectivity index (χ3n) is 0.0345. The van der Waals surface area contributed by atoms with Gasteiger partial charge in [0, 0.05) is 0 Å². The lowest BCUT2D eigenvalue weighted by Crippen LogP contribution is -1.15. The van der Waals surface area contributed by atoms with Gasteiger partial charge in [-0.25, -0.2) is 0 Å². The van der Waals surface area contributed by atoms with Gasteiger partial charge < -0.3 is 0 Å². The summed E-state index contributed by atoms with van der Waals surface area (Å²) >= 11 is 5.89. The van der Waals surface area contributed by atoms with Gasteiger partial charge in [0.25, 0.3) is 0 Å². The Morgan fingerprint density at radius 3 is 2.25 bits per heavy atom. The van der Waals surface area contributed by atoms with Crippen LogP contribution in [-0.4, -0.2) is 5.16 Å². The molecule has 4 heavy (non-hydrogen) atoms. The minimum absolute atomic E-state index is 1.76. The molecule has 0 saturated heterocycles. The van der Waals surface area contributed by atoms with Crippen molar-refractivity contribution in [3.8, 4) is 0 Å². The molecule has 0 aromatic heterocycles. The number of rotatable bonds is 0. The Kier molecular flexibility index (Phi) is 4.00. The van der Waals surface area contributed by atoms with Gasteiger partial charge in [-0.3, -0.25) is 0 Å². The van der Waals surface area contributed by atoms with E-state index in [2.05, 4.69) is 20.6 Å². The molecule has 0 atom stereocenters. The number of isothiocyanates is 1. The topological polar surface area (TPSA) is 12.4 Å². The summed E-state index contributed by atoms with van der Waals surface area (Å²) in [6, 6.07) is 0. The first kappa shape index (κ1) is 4.53. The van der Waals surface area contributed by atoms with Crippen LogP contribution in [-0.2, 0) is 0 Å². The molecule has 0 N–H and O–H groups in total. The summed E-state index contributed by atoms with van der Waals surface area (Å²) in [6.45, 7) is 0. The Labute approximate surface area is 43.6 Å². The Bertz CT molecular complexity index is 46.0. The summed E-state index contributed by atoms with van der Waals surface area (Å²) < 4.78 is 3.27. The van der Waals surface area contributed by atoms with Crippen molar-refractivity contribution in [1.29, 1.82) is 0 Å². The monoisotopic (exact) mass is 185 g/mol. The van der Waals surface area contributed by atoms with E-state index in [1.165, 1.54) is 0 Å². The Morgan fingerprint density at radius 2 is 2.25 bits per heavy atom. The third-order valence-corrected chi connectivity index (χ3v) is 0.694. The second-order valence-electron chi connectivity index (χ2n) is 0.176. The normalized spacial score (nSPS) is 4.25. The van der Waals surface area contributed by atoms with Gasteiger partial charge in [0.1, 0.15) is 0 Å². The predicted molar refractivity (Wildman–Crippen MR) is 29.0 cm³/mol. The van der Waals surface area contributed by atoms with Gasteiger partial charge in [0.05, 0.1) is 28.0 Å². The van der Waals surface area contributed by atoms with E-state index in [9.17, 15) is 0 Å². The van der Waals surface area contributed by atoms with Crippen LogP contribution in [0, 0.1) is 0 Å². The molecule has 0 spiro atoms. The average molecular weight is 185 g/mol. The zero-order valence-corrected chi connectivity index (χ0v) is 4.71. The maximum Gasteiger partial charge on any atom is 0.0964 e. The van der Waals surface area contributed by atoms with Crippen LogP contribution in [0.25, 0.3) is 0 Å². The molecule has 0 rings (SSSR count). The van der Waals surface area contributed by atoms with E-state index in [0.717, 1.165) is 0 Å². The number of nitrogens with zero attached hydrogens (tertiary/aromatic N) is 1. The zero-order chi connectivity index (χ0) is 3.41. The molecule has 0 fully saturated rings. The fourth-order valence-electron chi connectivity index (χ4n) is 0. The van der Waals surface area contributed by atoms with Crippen LogP contribution in [0.2, 0.25) is 0 Å². The Hall–Kier alpha value is 0.530. The molecule has 0 heterocycles. The van der Waals surface area contributed by atoms with E-state index >= 15 is 0 Å². The summed E-state index contributed by atoms with van der Waals surface area (Å²) in [5, 5.41) is 2.13. The first-order valence-electron chi connectivity index (χ1n) is 0.597. The first-order chi connectivity index (χ1) is 1.91. The van der Waals surface area contributed by atoms with Crippen molar-refractivity contribution in [2.24, 2.45) is 3.21 Å². The molecule has 0 aliphatic rings. The molecule has 0 radical (unpaired) electrons. The maximum atomic E-state index is 4.13. The molecule has 0 aliphatic carbocycles. The SMILES string of the molecule is S=C=NI. The van der Waals surface area contributed by atoms with Crippen LogP contribution in [0.15, 0.2) is 3.21 Å². The van der Waals surface area contributed by atoms with E-state index < -0.39 is 0 Å². The highest BCUT2D eigenvalue weighted by molar-refractivity contribution is 14.1. The Balaban J connectivity index is 3.11. The fourth-order valence-corrected chi connectivity index (χ4v) is 0. The second-order valence-corrected chi connectivity index (χ2v) is 0.841. The molecule has 0 saturated carbocycles. The van der Waals surface area contributed by atoms with Gasteiger partial charge >= 0.3 is 0 Å². The molecule has 0 bridgehead atoms. The van der Waals surface area contributed by atoms with Gasteiger partial charge in [0.15, 0.2) is 0 Å². The highest BCUT2D eigenvalue weighted by Crippen LogP contribution is 1.72. The molecular weight excluding hydrogens is 185 g/mol. The van der Waals surface area contributed by atoms with E-state index in [1.807, 2.05) is 0 Å². The van der Waals surface area contributed by atoms with Crippen molar-refractivity contribution in [3.05, 3.63) is 0 Å². The van der Waals surface area contributed by atoms with Crippen LogP contribution in [0.3, 0.4) is 0 Å². The standard InChI is InChI=1S/CINS/c2-3-1-4. The van der Waals surface area contributed by atoms with Crippen LogP contribution in [0.4, 0.5) is 0 Å². The number of hydrogen-bond acceptors (Lipinski definition) is 2. The molecule has 0 aliphatic heterocycles. The highest BCUT2D eigenvalue weighted by atomic mass is 127. The van der Waals surface area contributed by atoms with E-state index in [4.69, 9.17) is 0 Å². The summed E-state index contributed by atoms with van der Waals surface area (Å²) in [7, 11) is 0. The molecule has 22 valence electrons. The van der Waals surface area contributed by atoms with E-state index in [0.29, 0.717) is 0 Å². The Morgan fingerprint density at radius 1 is 2.00 bits per heavy atom. The van der Waals surface area contributed by atoms with Gasteiger partial charge in [-0.05, 0) is 12.2 Å². The van der Waals surface area contributed by atoms with Gasteiger partial charge in [-0.1, -0.05) is 0 Å². The first-order valence-corrected chi connectivity index (χ1v) is 1.97. The lowest BCUT2D eigenvalue weighted by Gasteiger charge is -1.34. The summed E-state index contributed by atoms with van der Waals surface area (Å²) in [6.07, 6.45) is 0. The van der Waals surface area contributed by atoms with Crippen molar-refractivity contribution < 1.29 is 0 Å². The molecule has 0 unspecified atom stereocenters. The molecule has 0 aromatic carbocycles. The summed E-state index contributed by atoms with van der Waals surface area (Å²) in [4.78, 5) is 0. The largest absolute Gasteiger partial charge is 0.161 e. The molecule has 0 aromatic rings. The number of halogens is 1. The highest BCUT2D eigenvalue weighted by Gasteiger charge is 1.29. The van der Waals surface area contributed by atoms with Crippen molar-refractivity contribution in [1.82, 2.24) is 0 Å². The number of thiocarbonyl (C=S) groups is 1. The molecule has 0 amide bonds. The lowest BCUT2D eigenvalue weighted by molar-refractivity contribution is 2.16. The van der Waals surface area contributed by atoms with Gasteiger partial charge in [-0.15, -0.1) is 0 Å². The van der Waals surface area contributed by atoms with Crippen molar-refractivity contribution in [2.45, 2.75) is 0 Å². The third kappa shape index (κ3) is 2.53. The van der Waals surface area contributed by atoms with Crippen LogP contribution in [0.5, 0.6) is 0 Å². The van der Waals surface area contributed by atoms with Crippen molar-refractivity contribution in [2.75, 3.05) is 0 Å². The molecule has 3 heteroatoms. The zero-order valence-electron chi connectivity index (χ0n) is 1.73. The second kappa shape index (κ2) is 3.53. The average Bonchev–Trinajstić information content (AvgIpc) is 1.37. The summed E-state index contributed by atoms with van der Waals surface area (Å²) in [5.74, 6) is 0. The van der Waals surface area contributed by atoms with E-state index in [1.54, 1.807) is 22.9 Å². The molecular formula is CINS. The minimum Gasteiger partial charge on any atom is -0.161 e. The molecule has 1 nitrogen and oxygen atoms in total. The predicted octanol–water partition coefficient (Wildman–Crippen LogP) is 1.44. The maximum absolute atomic E-state index is 4.13. The van der Waals surface area contributed by atoms with Crippen molar-refractivity contribution in [3.63, 3.8) is 0 Å². The van der Waals surface area contributed by atoms with Gasteiger partial charge in [-0.2, -0.15) is 3.21 Å². The number of hydrogen-bond donors (Lipinski definition) is 0. The van der Waals surface area contributed by atoms with Crippen molar-refractivity contribution >= 4 is 40.2 Å². The smallest absolute Gasteiger partial charge is 0.0964 e. The quantitative estimate of drug-likeness (QED) is 0.316. The van der Waals surface area contributed by atoms with Crippen LogP contribution < -0.4 is 0 Å². The van der Waals surface area contributed by atoms with Crippen LogP contribution in [0.1, 0.15) is 0 Å². The summed E-state index contributed by atoms with van der Waals surface area (Å²) in [5.41, 5.74) is 0. The van der Waals surface area contributed by atoms with E-state index in [-0.39, 0.29) is 0 Å².